The maximum Gasteiger partial charge on any atom is 0.133 e. The molecule has 0 amide bonds. The molecule has 1 aliphatic carbocycles. The molecule has 0 aliphatic heterocycles. The summed E-state index contributed by atoms with van der Waals surface area (Å²) in [7, 11) is 0. The summed E-state index contributed by atoms with van der Waals surface area (Å²) in [4.78, 5) is 0. The van der Waals surface area contributed by atoms with Crippen LogP contribution in [0.25, 0.3) is 0 Å². The third-order valence-electron chi connectivity index (χ3n) is 2.62. The van der Waals surface area contributed by atoms with Gasteiger partial charge in [0, 0.05) is 6.04 Å². The van der Waals surface area contributed by atoms with E-state index < -0.39 is 0 Å². The van der Waals surface area contributed by atoms with Crippen molar-refractivity contribution < 1.29 is 4.74 Å². The third kappa shape index (κ3) is 2.10. The third-order valence-corrected chi connectivity index (χ3v) is 3.27. The Kier molecular flexibility index (Phi) is 3.08. The molecule has 0 aromatic heterocycles. The molecule has 1 fully saturated rings. The van der Waals surface area contributed by atoms with E-state index in [2.05, 4.69) is 15.9 Å². The predicted octanol–water partition coefficient (Wildman–Crippen LogP) is 2.71. The highest BCUT2D eigenvalue weighted by Crippen LogP contribution is 2.29. The van der Waals surface area contributed by atoms with Crippen molar-refractivity contribution in [1.82, 2.24) is 0 Å². The molecule has 14 heavy (non-hydrogen) atoms. The molecule has 1 saturated carbocycles. The lowest BCUT2D eigenvalue weighted by atomic mass is 10.2. The van der Waals surface area contributed by atoms with E-state index in [4.69, 9.17) is 10.5 Å². The molecule has 1 aromatic rings. The summed E-state index contributed by atoms with van der Waals surface area (Å²) in [5, 5.41) is 0. The van der Waals surface area contributed by atoms with Gasteiger partial charge in [0.05, 0.1) is 4.47 Å². The minimum absolute atomic E-state index is 0.189. The van der Waals surface area contributed by atoms with E-state index in [1.807, 2.05) is 24.3 Å². The Labute approximate surface area is 92.6 Å². The molecule has 1 aliphatic rings. The lowest BCUT2D eigenvalue weighted by molar-refractivity contribution is 0.190. The zero-order valence-electron chi connectivity index (χ0n) is 7.95. The maximum atomic E-state index is 5.94. The fraction of sp³-hybridized carbons (Fsp3) is 0.455. The largest absolute Gasteiger partial charge is 0.488 e. The van der Waals surface area contributed by atoms with E-state index in [9.17, 15) is 0 Å². The number of rotatable bonds is 2. The molecule has 2 rings (SSSR count). The van der Waals surface area contributed by atoms with Gasteiger partial charge in [0.1, 0.15) is 11.9 Å². The first kappa shape index (κ1) is 9.99. The first-order valence-corrected chi connectivity index (χ1v) is 5.73. The van der Waals surface area contributed by atoms with Gasteiger partial charge in [-0.25, -0.2) is 0 Å². The van der Waals surface area contributed by atoms with Crippen molar-refractivity contribution in [1.29, 1.82) is 0 Å². The molecule has 0 heterocycles. The highest BCUT2D eigenvalue weighted by molar-refractivity contribution is 9.10. The van der Waals surface area contributed by atoms with Crippen molar-refractivity contribution in [3.05, 3.63) is 28.7 Å². The number of para-hydroxylation sites is 1. The van der Waals surface area contributed by atoms with E-state index in [1.54, 1.807) is 0 Å². The van der Waals surface area contributed by atoms with Crippen molar-refractivity contribution >= 4 is 15.9 Å². The summed E-state index contributed by atoms with van der Waals surface area (Å²) < 4.78 is 6.85. The number of halogens is 1. The molecular formula is C11H14BrNO. The molecule has 3 heteroatoms. The average molecular weight is 256 g/mol. The summed E-state index contributed by atoms with van der Waals surface area (Å²) >= 11 is 3.46. The van der Waals surface area contributed by atoms with Gasteiger partial charge in [-0.3, -0.25) is 0 Å². The molecule has 1 aromatic carbocycles. The van der Waals surface area contributed by atoms with Crippen LogP contribution in [-0.4, -0.2) is 12.1 Å². The molecule has 2 N–H and O–H groups in total. The molecule has 0 spiro atoms. The monoisotopic (exact) mass is 255 g/mol. The topological polar surface area (TPSA) is 35.2 Å². The van der Waals surface area contributed by atoms with Crippen molar-refractivity contribution in [2.45, 2.75) is 31.4 Å². The van der Waals surface area contributed by atoms with E-state index in [0.717, 1.165) is 23.1 Å². The van der Waals surface area contributed by atoms with E-state index in [-0.39, 0.29) is 12.1 Å². The van der Waals surface area contributed by atoms with Crippen LogP contribution in [0.3, 0.4) is 0 Å². The highest BCUT2D eigenvalue weighted by atomic mass is 79.9. The fourth-order valence-electron chi connectivity index (χ4n) is 1.80. The highest BCUT2D eigenvalue weighted by Gasteiger charge is 2.25. The number of benzene rings is 1. The normalized spacial score (nSPS) is 26.4. The second-order valence-corrected chi connectivity index (χ2v) is 4.54. The van der Waals surface area contributed by atoms with Gasteiger partial charge in [-0.15, -0.1) is 0 Å². The second kappa shape index (κ2) is 4.32. The summed E-state index contributed by atoms with van der Waals surface area (Å²) in [6, 6.07) is 8.10. The van der Waals surface area contributed by atoms with Gasteiger partial charge < -0.3 is 10.5 Å². The summed E-state index contributed by atoms with van der Waals surface area (Å²) in [5.41, 5.74) is 5.94. The van der Waals surface area contributed by atoms with E-state index in [1.165, 1.54) is 6.42 Å². The summed E-state index contributed by atoms with van der Waals surface area (Å²) in [6.07, 6.45) is 3.52. The van der Waals surface area contributed by atoms with Crippen molar-refractivity contribution in [2.24, 2.45) is 5.73 Å². The Hall–Kier alpha value is -0.540. The molecule has 0 bridgehead atoms. The molecule has 0 radical (unpaired) electrons. The first-order chi connectivity index (χ1) is 6.77. The molecule has 2 unspecified atom stereocenters. The summed E-state index contributed by atoms with van der Waals surface area (Å²) in [6.45, 7) is 0. The van der Waals surface area contributed by atoms with Gasteiger partial charge in [-0.05, 0) is 47.3 Å². The number of hydrogen-bond acceptors (Lipinski definition) is 2. The van der Waals surface area contributed by atoms with Crippen molar-refractivity contribution in [2.75, 3.05) is 0 Å². The van der Waals surface area contributed by atoms with Gasteiger partial charge in [0.15, 0.2) is 0 Å². The molecular weight excluding hydrogens is 242 g/mol. The minimum Gasteiger partial charge on any atom is -0.488 e. The Bertz CT molecular complexity index is 316. The average Bonchev–Trinajstić information content (AvgIpc) is 2.56. The lowest BCUT2D eigenvalue weighted by Crippen LogP contribution is -2.33. The van der Waals surface area contributed by atoms with Crippen LogP contribution in [0.15, 0.2) is 28.7 Å². The minimum atomic E-state index is 0.189. The molecule has 0 saturated heterocycles. The number of nitrogens with two attached hydrogens (primary N) is 1. The van der Waals surface area contributed by atoms with Crippen LogP contribution in [0.1, 0.15) is 19.3 Å². The number of hydrogen-bond donors (Lipinski definition) is 1. The van der Waals surface area contributed by atoms with Crippen LogP contribution in [-0.2, 0) is 0 Å². The second-order valence-electron chi connectivity index (χ2n) is 3.68. The van der Waals surface area contributed by atoms with Crippen molar-refractivity contribution in [3.63, 3.8) is 0 Å². The zero-order chi connectivity index (χ0) is 9.97. The number of ether oxygens (including phenoxy) is 1. The van der Waals surface area contributed by atoms with E-state index in [0.29, 0.717) is 0 Å². The SMILES string of the molecule is NC1CCCC1Oc1ccccc1Br. The van der Waals surface area contributed by atoms with Crippen LogP contribution in [0.5, 0.6) is 5.75 Å². The van der Waals surface area contributed by atoms with Crippen LogP contribution >= 0.6 is 15.9 Å². The zero-order valence-corrected chi connectivity index (χ0v) is 9.53. The summed E-state index contributed by atoms with van der Waals surface area (Å²) in [5.74, 6) is 0.898. The molecule has 76 valence electrons. The van der Waals surface area contributed by atoms with Crippen LogP contribution in [0.4, 0.5) is 0 Å². The van der Waals surface area contributed by atoms with Gasteiger partial charge in [-0.2, -0.15) is 0 Å². The van der Waals surface area contributed by atoms with Gasteiger partial charge in [0.25, 0.3) is 0 Å². The molecule has 2 nitrogen and oxygen atoms in total. The quantitative estimate of drug-likeness (QED) is 0.882. The Morgan fingerprint density at radius 2 is 2.07 bits per heavy atom. The van der Waals surface area contributed by atoms with E-state index >= 15 is 0 Å². The van der Waals surface area contributed by atoms with Gasteiger partial charge in [-0.1, -0.05) is 12.1 Å². The van der Waals surface area contributed by atoms with Gasteiger partial charge >= 0.3 is 0 Å². The Morgan fingerprint density at radius 3 is 2.71 bits per heavy atom. The standard InChI is InChI=1S/C11H14BrNO/c12-8-4-1-2-6-10(8)14-11-7-3-5-9(11)13/h1-2,4,6,9,11H,3,5,7,13H2. The first-order valence-electron chi connectivity index (χ1n) is 4.94. The molecule has 2 atom stereocenters. The predicted molar refractivity (Wildman–Crippen MR) is 60.4 cm³/mol. The Balaban J connectivity index is 2.07. The van der Waals surface area contributed by atoms with Gasteiger partial charge in [0.2, 0.25) is 0 Å². The Morgan fingerprint density at radius 1 is 1.29 bits per heavy atom. The van der Waals surface area contributed by atoms with Crippen LogP contribution in [0.2, 0.25) is 0 Å². The maximum absolute atomic E-state index is 5.94. The fourth-order valence-corrected chi connectivity index (χ4v) is 2.18. The lowest BCUT2D eigenvalue weighted by Gasteiger charge is -2.18. The van der Waals surface area contributed by atoms with Crippen LogP contribution < -0.4 is 10.5 Å². The smallest absolute Gasteiger partial charge is 0.133 e. The van der Waals surface area contributed by atoms with Crippen LogP contribution in [0, 0.1) is 0 Å². The van der Waals surface area contributed by atoms with Crippen molar-refractivity contribution in [3.8, 4) is 5.75 Å².